The van der Waals surface area contributed by atoms with E-state index >= 15 is 0 Å². The fraction of sp³-hybridized carbons (Fsp3) is 0.417. The van der Waals surface area contributed by atoms with E-state index in [9.17, 15) is 18.4 Å². The van der Waals surface area contributed by atoms with Crippen LogP contribution in [0.5, 0.6) is 0 Å². The maximum absolute atomic E-state index is 13.3. The minimum atomic E-state index is -1.10. The first kappa shape index (κ1) is 25.4. The van der Waals surface area contributed by atoms with Gasteiger partial charge in [0.1, 0.15) is 12.2 Å². The second-order valence-corrected chi connectivity index (χ2v) is 8.24. The maximum atomic E-state index is 13.3. The Hall–Kier alpha value is -2.84. The van der Waals surface area contributed by atoms with Gasteiger partial charge in [-0.25, -0.2) is 13.6 Å². The van der Waals surface area contributed by atoms with E-state index in [1.165, 1.54) is 6.07 Å². The average Bonchev–Trinajstić information content (AvgIpc) is 2.72. The van der Waals surface area contributed by atoms with Gasteiger partial charge in [0.2, 0.25) is 0 Å². The molecule has 0 fully saturated rings. The van der Waals surface area contributed by atoms with Crippen LogP contribution in [0.4, 0.5) is 13.6 Å². The highest BCUT2D eigenvalue weighted by Gasteiger charge is 2.20. The van der Waals surface area contributed by atoms with Gasteiger partial charge >= 0.3 is 6.09 Å². The molecule has 2 rings (SSSR count). The Bertz CT molecular complexity index is 884. The lowest BCUT2D eigenvalue weighted by molar-refractivity contribution is 0.0389. The summed E-state index contributed by atoms with van der Waals surface area (Å²) in [5, 5.41) is 2.72. The monoisotopic (exact) mass is 449 g/mol. The first-order chi connectivity index (χ1) is 15.1. The Morgan fingerprint density at radius 2 is 1.72 bits per heavy atom. The van der Waals surface area contributed by atoms with Gasteiger partial charge in [0.15, 0.2) is 17.4 Å². The van der Waals surface area contributed by atoms with Gasteiger partial charge in [-0.15, -0.1) is 0 Å². The van der Waals surface area contributed by atoms with E-state index < -0.39 is 35.2 Å². The van der Waals surface area contributed by atoms with Crippen molar-refractivity contribution in [2.24, 2.45) is 0 Å². The third-order valence-electron chi connectivity index (χ3n) is 4.24. The predicted octanol–water partition coefficient (Wildman–Crippen LogP) is 4.66. The van der Waals surface area contributed by atoms with Gasteiger partial charge in [-0.05, 0) is 51.0 Å². The number of nitrogens with one attached hydrogen (secondary N) is 1. The SMILES string of the molecule is CC(C)(C)OC(=O)N[C@@H](CCOCc1ccccc1)COCC(=O)c1ccc(F)c(F)c1. The lowest BCUT2D eigenvalue weighted by Crippen LogP contribution is -2.42. The van der Waals surface area contributed by atoms with Crippen molar-refractivity contribution in [3.8, 4) is 0 Å². The highest BCUT2D eigenvalue weighted by molar-refractivity contribution is 5.97. The number of halogens is 2. The van der Waals surface area contributed by atoms with Gasteiger partial charge in [0.05, 0.1) is 19.3 Å². The van der Waals surface area contributed by atoms with Crippen molar-refractivity contribution in [3.05, 3.63) is 71.3 Å². The summed E-state index contributed by atoms with van der Waals surface area (Å²) in [5.41, 5.74) is 0.367. The van der Waals surface area contributed by atoms with Crippen molar-refractivity contribution in [3.63, 3.8) is 0 Å². The first-order valence-corrected chi connectivity index (χ1v) is 10.3. The highest BCUT2D eigenvalue weighted by Crippen LogP contribution is 2.11. The summed E-state index contributed by atoms with van der Waals surface area (Å²) < 4.78 is 42.7. The second kappa shape index (κ2) is 12.3. The summed E-state index contributed by atoms with van der Waals surface area (Å²) in [5.74, 6) is -2.63. The molecule has 1 amide bonds. The molecule has 0 saturated carbocycles. The second-order valence-electron chi connectivity index (χ2n) is 8.24. The molecule has 8 heteroatoms. The van der Waals surface area contributed by atoms with Crippen molar-refractivity contribution in [2.45, 2.75) is 45.4 Å². The molecule has 0 radical (unpaired) electrons. The number of Topliss-reactive ketones (excluding diaryl/α,β-unsaturated/α-hetero) is 1. The van der Waals surface area contributed by atoms with Crippen molar-refractivity contribution < 1.29 is 32.6 Å². The van der Waals surface area contributed by atoms with E-state index in [0.717, 1.165) is 17.7 Å². The van der Waals surface area contributed by atoms with Crippen LogP contribution in [0.2, 0.25) is 0 Å². The van der Waals surface area contributed by atoms with Gasteiger partial charge < -0.3 is 19.5 Å². The minimum absolute atomic E-state index is 0.00625. The molecular formula is C24H29F2NO5. The number of rotatable bonds is 11. The zero-order chi connectivity index (χ0) is 23.6. The predicted molar refractivity (Wildman–Crippen MR) is 115 cm³/mol. The lowest BCUT2D eigenvalue weighted by atomic mass is 10.1. The van der Waals surface area contributed by atoms with Crippen LogP contribution in [-0.4, -0.2) is 43.3 Å². The largest absolute Gasteiger partial charge is 0.444 e. The molecule has 0 aromatic heterocycles. The number of amides is 1. The Morgan fingerprint density at radius 1 is 1.00 bits per heavy atom. The number of ether oxygens (including phenoxy) is 3. The molecule has 2 aromatic rings. The Kier molecular flexibility index (Phi) is 9.74. The molecule has 0 unspecified atom stereocenters. The number of hydrogen-bond donors (Lipinski definition) is 1. The van der Waals surface area contributed by atoms with E-state index in [0.29, 0.717) is 19.6 Å². The molecular weight excluding hydrogens is 420 g/mol. The van der Waals surface area contributed by atoms with Crippen LogP contribution in [0, 0.1) is 11.6 Å². The van der Waals surface area contributed by atoms with Crippen LogP contribution in [0.3, 0.4) is 0 Å². The minimum Gasteiger partial charge on any atom is -0.444 e. The third kappa shape index (κ3) is 9.53. The summed E-state index contributed by atoms with van der Waals surface area (Å²) >= 11 is 0. The molecule has 0 bridgehead atoms. The number of hydrogen-bond acceptors (Lipinski definition) is 5. The van der Waals surface area contributed by atoms with E-state index in [-0.39, 0.29) is 18.8 Å². The molecule has 0 aliphatic heterocycles. The molecule has 0 aliphatic rings. The molecule has 0 saturated heterocycles. The van der Waals surface area contributed by atoms with Crippen molar-refractivity contribution in [2.75, 3.05) is 19.8 Å². The number of benzene rings is 2. The van der Waals surface area contributed by atoms with Crippen LogP contribution in [0.25, 0.3) is 0 Å². The standard InChI is InChI=1S/C24H29F2NO5/c1-24(2,3)32-23(29)27-19(11-12-30-14-17-7-5-4-6-8-17)15-31-16-22(28)18-9-10-20(25)21(26)13-18/h4-10,13,19H,11-12,14-16H2,1-3H3,(H,27,29)/t19-/m0/s1. The summed E-state index contributed by atoms with van der Waals surface area (Å²) in [7, 11) is 0. The molecule has 1 atom stereocenters. The van der Waals surface area contributed by atoms with E-state index in [2.05, 4.69) is 5.32 Å². The molecule has 0 aliphatic carbocycles. The average molecular weight is 449 g/mol. The molecule has 2 aromatic carbocycles. The van der Waals surface area contributed by atoms with Crippen molar-refractivity contribution >= 4 is 11.9 Å². The molecule has 174 valence electrons. The number of carbonyl (C=O) groups is 2. The van der Waals surface area contributed by atoms with E-state index in [1.807, 2.05) is 30.3 Å². The summed E-state index contributed by atoms with van der Waals surface area (Å²) in [6.45, 7) is 5.70. The van der Waals surface area contributed by atoms with E-state index in [1.54, 1.807) is 20.8 Å². The van der Waals surface area contributed by atoms with Gasteiger partial charge in [0, 0.05) is 12.2 Å². The third-order valence-corrected chi connectivity index (χ3v) is 4.24. The highest BCUT2D eigenvalue weighted by atomic mass is 19.2. The van der Waals surface area contributed by atoms with Crippen molar-refractivity contribution in [1.82, 2.24) is 5.32 Å². The van der Waals surface area contributed by atoms with Gasteiger partial charge in [-0.1, -0.05) is 30.3 Å². The normalized spacial score (nSPS) is 12.3. The van der Waals surface area contributed by atoms with Crippen LogP contribution >= 0.6 is 0 Å². The molecule has 0 heterocycles. The van der Waals surface area contributed by atoms with Crippen molar-refractivity contribution in [1.29, 1.82) is 0 Å². The van der Waals surface area contributed by atoms with Gasteiger partial charge in [-0.2, -0.15) is 0 Å². The fourth-order valence-corrected chi connectivity index (χ4v) is 2.71. The number of alkyl carbamates (subject to hydrolysis) is 1. The summed E-state index contributed by atoms with van der Waals surface area (Å²) in [6.07, 6.45) is -0.188. The molecule has 32 heavy (non-hydrogen) atoms. The van der Waals surface area contributed by atoms with E-state index in [4.69, 9.17) is 14.2 Å². The maximum Gasteiger partial charge on any atom is 0.407 e. The van der Waals surface area contributed by atoms with Crippen LogP contribution in [0.1, 0.15) is 43.1 Å². The fourth-order valence-electron chi connectivity index (χ4n) is 2.71. The van der Waals surface area contributed by atoms with Gasteiger partial charge in [0.25, 0.3) is 0 Å². The molecule has 6 nitrogen and oxygen atoms in total. The smallest absolute Gasteiger partial charge is 0.407 e. The molecule has 1 N–H and O–H groups in total. The summed E-state index contributed by atoms with van der Waals surface area (Å²) in [4.78, 5) is 24.3. The number of ketones is 1. The van der Waals surface area contributed by atoms with Gasteiger partial charge in [-0.3, -0.25) is 4.79 Å². The Balaban J connectivity index is 1.85. The summed E-state index contributed by atoms with van der Waals surface area (Å²) in [6, 6.07) is 12.1. The lowest BCUT2D eigenvalue weighted by Gasteiger charge is -2.23. The zero-order valence-electron chi connectivity index (χ0n) is 18.5. The van der Waals surface area contributed by atoms with Crippen LogP contribution < -0.4 is 5.32 Å². The van der Waals surface area contributed by atoms with Crippen LogP contribution in [0.15, 0.2) is 48.5 Å². The Labute approximate surface area is 186 Å². The quantitative estimate of drug-likeness (QED) is 0.399. The first-order valence-electron chi connectivity index (χ1n) is 10.3. The zero-order valence-corrected chi connectivity index (χ0v) is 18.5. The Morgan fingerprint density at radius 3 is 2.38 bits per heavy atom. The van der Waals surface area contributed by atoms with Crippen LogP contribution in [-0.2, 0) is 20.8 Å². The number of carbonyl (C=O) groups excluding carboxylic acids is 2. The molecule has 0 spiro atoms. The topological polar surface area (TPSA) is 73.9 Å².